The molecule has 0 aliphatic carbocycles. The van der Waals surface area contributed by atoms with E-state index in [1.165, 1.54) is 0 Å². The van der Waals surface area contributed by atoms with Crippen LogP contribution in [0.15, 0.2) is 12.1 Å². The minimum atomic E-state index is 0.602. The minimum absolute atomic E-state index is 0.602. The average Bonchev–Trinajstić information content (AvgIpc) is 2.95. The van der Waals surface area contributed by atoms with E-state index >= 15 is 0 Å². The Labute approximate surface area is 120 Å². The van der Waals surface area contributed by atoms with Crippen molar-refractivity contribution in [3.8, 4) is 17.2 Å². The highest BCUT2D eigenvalue weighted by atomic mass is 16.5. The van der Waals surface area contributed by atoms with E-state index in [-0.39, 0.29) is 0 Å². The maximum Gasteiger partial charge on any atom is 0.130 e. The van der Waals surface area contributed by atoms with Gasteiger partial charge in [0.1, 0.15) is 17.2 Å². The fourth-order valence-corrected chi connectivity index (χ4v) is 2.71. The van der Waals surface area contributed by atoms with Crippen LogP contribution in [-0.2, 0) is 6.54 Å². The smallest absolute Gasteiger partial charge is 0.130 e. The van der Waals surface area contributed by atoms with Gasteiger partial charge in [-0.2, -0.15) is 0 Å². The highest BCUT2D eigenvalue weighted by Gasteiger charge is 2.24. The number of nitrogens with zero attached hydrogens (tertiary/aromatic N) is 1. The molecule has 5 heteroatoms. The van der Waals surface area contributed by atoms with Crippen molar-refractivity contribution in [2.45, 2.75) is 13.0 Å². The van der Waals surface area contributed by atoms with E-state index in [2.05, 4.69) is 4.90 Å². The van der Waals surface area contributed by atoms with Crippen LogP contribution in [0.5, 0.6) is 17.2 Å². The minimum Gasteiger partial charge on any atom is -0.496 e. The number of ether oxygens (including phenoxy) is 3. The highest BCUT2D eigenvalue weighted by Crippen LogP contribution is 2.35. The second kappa shape index (κ2) is 6.81. The van der Waals surface area contributed by atoms with Gasteiger partial charge in [0, 0.05) is 25.2 Å². The largest absolute Gasteiger partial charge is 0.496 e. The Kier molecular flexibility index (Phi) is 5.09. The number of nitrogens with two attached hydrogens (primary N) is 1. The Morgan fingerprint density at radius 1 is 1.15 bits per heavy atom. The standard InChI is InChI=1S/C15H24N2O3/c1-18-12-6-14(19-2)13(15(7-12)20-3)10-17-5-4-11(8-16)9-17/h6-7,11H,4-5,8-10,16H2,1-3H3. The monoisotopic (exact) mass is 280 g/mol. The van der Waals surface area contributed by atoms with Gasteiger partial charge >= 0.3 is 0 Å². The first-order chi connectivity index (χ1) is 9.71. The molecule has 1 heterocycles. The summed E-state index contributed by atoms with van der Waals surface area (Å²) in [6.45, 7) is 3.68. The molecule has 1 aromatic rings. The molecule has 1 aromatic carbocycles. The first-order valence-electron chi connectivity index (χ1n) is 6.93. The fraction of sp³-hybridized carbons (Fsp3) is 0.600. The van der Waals surface area contributed by atoms with E-state index in [4.69, 9.17) is 19.9 Å². The van der Waals surface area contributed by atoms with Crippen molar-refractivity contribution in [1.82, 2.24) is 4.90 Å². The van der Waals surface area contributed by atoms with Gasteiger partial charge < -0.3 is 19.9 Å². The van der Waals surface area contributed by atoms with Crippen LogP contribution in [0.25, 0.3) is 0 Å². The maximum atomic E-state index is 5.75. The molecule has 2 N–H and O–H groups in total. The zero-order chi connectivity index (χ0) is 14.5. The molecule has 20 heavy (non-hydrogen) atoms. The van der Waals surface area contributed by atoms with Crippen LogP contribution in [0, 0.1) is 5.92 Å². The summed E-state index contributed by atoms with van der Waals surface area (Å²) in [5.41, 5.74) is 6.81. The van der Waals surface area contributed by atoms with Gasteiger partial charge in [-0.05, 0) is 25.4 Å². The first kappa shape index (κ1) is 14.9. The quantitative estimate of drug-likeness (QED) is 0.855. The van der Waals surface area contributed by atoms with E-state index < -0.39 is 0 Å². The second-order valence-corrected chi connectivity index (χ2v) is 5.14. The third-order valence-corrected chi connectivity index (χ3v) is 3.90. The number of hydrogen-bond donors (Lipinski definition) is 1. The third kappa shape index (κ3) is 3.16. The van der Waals surface area contributed by atoms with E-state index in [1.807, 2.05) is 12.1 Å². The van der Waals surface area contributed by atoms with Gasteiger partial charge in [-0.3, -0.25) is 4.90 Å². The molecule has 1 aliphatic heterocycles. The molecule has 5 nitrogen and oxygen atoms in total. The lowest BCUT2D eigenvalue weighted by molar-refractivity contribution is 0.298. The lowest BCUT2D eigenvalue weighted by Crippen LogP contribution is -2.23. The Balaban J connectivity index is 2.21. The van der Waals surface area contributed by atoms with Crippen molar-refractivity contribution >= 4 is 0 Å². The van der Waals surface area contributed by atoms with Crippen molar-refractivity contribution < 1.29 is 14.2 Å². The van der Waals surface area contributed by atoms with Gasteiger partial charge in [0.2, 0.25) is 0 Å². The molecule has 1 saturated heterocycles. The summed E-state index contributed by atoms with van der Waals surface area (Å²) in [4.78, 5) is 2.39. The third-order valence-electron chi connectivity index (χ3n) is 3.90. The summed E-state index contributed by atoms with van der Waals surface area (Å²) in [6.07, 6.45) is 1.16. The van der Waals surface area contributed by atoms with Gasteiger partial charge in [0.15, 0.2) is 0 Å². The van der Waals surface area contributed by atoms with Crippen LogP contribution >= 0.6 is 0 Å². The Morgan fingerprint density at radius 2 is 1.80 bits per heavy atom. The topological polar surface area (TPSA) is 57.0 Å². The molecule has 0 saturated carbocycles. The maximum absolute atomic E-state index is 5.75. The van der Waals surface area contributed by atoms with Crippen molar-refractivity contribution in [1.29, 1.82) is 0 Å². The van der Waals surface area contributed by atoms with Crippen molar-refractivity contribution in [3.63, 3.8) is 0 Å². The number of rotatable bonds is 6. The Morgan fingerprint density at radius 3 is 2.25 bits per heavy atom. The molecule has 1 fully saturated rings. The zero-order valence-electron chi connectivity index (χ0n) is 12.5. The summed E-state index contributed by atoms with van der Waals surface area (Å²) in [7, 11) is 4.98. The number of likely N-dealkylation sites (tertiary alicyclic amines) is 1. The lowest BCUT2D eigenvalue weighted by Gasteiger charge is -2.20. The fourth-order valence-electron chi connectivity index (χ4n) is 2.71. The van der Waals surface area contributed by atoms with Gasteiger partial charge in [-0.15, -0.1) is 0 Å². The normalized spacial score (nSPS) is 19.1. The predicted octanol–water partition coefficient (Wildman–Crippen LogP) is 1.49. The molecule has 0 spiro atoms. The number of hydrogen-bond acceptors (Lipinski definition) is 5. The van der Waals surface area contributed by atoms with Crippen molar-refractivity contribution in [2.75, 3.05) is 41.0 Å². The van der Waals surface area contributed by atoms with E-state index in [0.717, 1.165) is 55.4 Å². The Hall–Kier alpha value is -1.46. The predicted molar refractivity (Wildman–Crippen MR) is 78.5 cm³/mol. The molecular formula is C15H24N2O3. The van der Waals surface area contributed by atoms with Gasteiger partial charge in [-0.1, -0.05) is 0 Å². The molecule has 1 atom stereocenters. The molecule has 0 bridgehead atoms. The van der Waals surface area contributed by atoms with Crippen LogP contribution in [0.3, 0.4) is 0 Å². The zero-order valence-corrected chi connectivity index (χ0v) is 12.5. The van der Waals surface area contributed by atoms with Gasteiger partial charge in [-0.25, -0.2) is 0 Å². The molecule has 0 radical (unpaired) electrons. The van der Waals surface area contributed by atoms with Crippen LogP contribution < -0.4 is 19.9 Å². The Bertz CT molecular complexity index is 426. The van der Waals surface area contributed by atoms with Gasteiger partial charge in [0.05, 0.1) is 26.9 Å². The molecule has 0 aromatic heterocycles. The molecule has 2 rings (SSSR count). The molecular weight excluding hydrogens is 256 g/mol. The SMILES string of the molecule is COc1cc(OC)c(CN2CCC(CN)C2)c(OC)c1. The lowest BCUT2D eigenvalue weighted by atomic mass is 10.1. The van der Waals surface area contributed by atoms with E-state index in [9.17, 15) is 0 Å². The summed E-state index contributed by atoms with van der Waals surface area (Å²) in [5.74, 6) is 2.95. The molecule has 1 unspecified atom stereocenters. The van der Waals surface area contributed by atoms with Gasteiger partial charge in [0.25, 0.3) is 0 Å². The van der Waals surface area contributed by atoms with Crippen LogP contribution in [0.2, 0.25) is 0 Å². The van der Waals surface area contributed by atoms with Crippen LogP contribution in [-0.4, -0.2) is 45.9 Å². The summed E-state index contributed by atoms with van der Waals surface area (Å²) in [6, 6.07) is 3.79. The molecule has 112 valence electrons. The summed E-state index contributed by atoms with van der Waals surface area (Å²) >= 11 is 0. The molecule has 0 amide bonds. The summed E-state index contributed by atoms with van der Waals surface area (Å²) < 4.78 is 16.2. The van der Waals surface area contributed by atoms with E-state index in [0.29, 0.717) is 5.92 Å². The summed E-state index contributed by atoms with van der Waals surface area (Å²) in [5, 5.41) is 0. The second-order valence-electron chi connectivity index (χ2n) is 5.14. The van der Waals surface area contributed by atoms with Crippen LogP contribution in [0.4, 0.5) is 0 Å². The first-order valence-corrected chi connectivity index (χ1v) is 6.93. The highest BCUT2D eigenvalue weighted by molar-refractivity contribution is 5.50. The molecule has 1 aliphatic rings. The number of benzene rings is 1. The van der Waals surface area contributed by atoms with E-state index in [1.54, 1.807) is 21.3 Å². The van der Waals surface area contributed by atoms with Crippen LogP contribution in [0.1, 0.15) is 12.0 Å². The number of methoxy groups -OCH3 is 3. The van der Waals surface area contributed by atoms with Crippen molar-refractivity contribution in [3.05, 3.63) is 17.7 Å². The average molecular weight is 280 g/mol. The van der Waals surface area contributed by atoms with Crippen molar-refractivity contribution in [2.24, 2.45) is 11.7 Å².